The predicted molar refractivity (Wildman–Crippen MR) is 104 cm³/mol. The highest BCUT2D eigenvalue weighted by Gasteiger charge is 2.62. The van der Waals surface area contributed by atoms with E-state index in [1.165, 1.54) is 70.6 Å². The smallest absolute Gasteiger partial charge is 0.0621 e. The highest BCUT2D eigenvalue weighted by atomic mass is 14.7. The van der Waals surface area contributed by atoms with Gasteiger partial charge >= 0.3 is 0 Å². The zero-order valence-electron chi connectivity index (χ0n) is 16.9. The fourth-order valence-corrected chi connectivity index (χ4v) is 8.63. The molecule has 4 unspecified atom stereocenters. The molecule has 4 saturated carbocycles. The van der Waals surface area contributed by atoms with Crippen molar-refractivity contribution in [2.45, 2.75) is 104 Å². The average molecular weight is 342 g/mol. The van der Waals surface area contributed by atoms with Gasteiger partial charge in [-0.15, -0.1) is 0 Å². The second kappa shape index (κ2) is 6.28. The lowest BCUT2D eigenvalue weighted by molar-refractivity contribution is -0.124. The summed E-state index contributed by atoms with van der Waals surface area (Å²) in [6.45, 7) is 7.93. The molecule has 140 valence electrons. The van der Waals surface area contributed by atoms with E-state index in [9.17, 15) is 0 Å². The van der Waals surface area contributed by atoms with Gasteiger partial charge < -0.3 is 0 Å². The molecule has 4 fully saturated rings. The van der Waals surface area contributed by atoms with Crippen molar-refractivity contribution in [3.8, 4) is 6.07 Å². The monoisotopic (exact) mass is 341 g/mol. The SMILES string of the molecule is CC1(CCCC#N)CCC2C3CC[C@@H]4CCCC[C@]4(C)C3CC[C@@]21C. The van der Waals surface area contributed by atoms with E-state index in [0.29, 0.717) is 16.2 Å². The van der Waals surface area contributed by atoms with E-state index in [2.05, 4.69) is 26.8 Å². The Morgan fingerprint density at radius 3 is 2.48 bits per heavy atom. The van der Waals surface area contributed by atoms with Crippen LogP contribution in [0.1, 0.15) is 104 Å². The molecule has 25 heavy (non-hydrogen) atoms. The molecule has 0 bridgehead atoms. The van der Waals surface area contributed by atoms with Crippen molar-refractivity contribution in [1.82, 2.24) is 0 Å². The number of rotatable bonds is 3. The zero-order valence-corrected chi connectivity index (χ0v) is 16.9. The van der Waals surface area contributed by atoms with Crippen LogP contribution in [0.2, 0.25) is 0 Å². The lowest BCUT2D eigenvalue weighted by atomic mass is 9.43. The summed E-state index contributed by atoms with van der Waals surface area (Å²) in [7, 11) is 0. The van der Waals surface area contributed by atoms with E-state index in [4.69, 9.17) is 5.26 Å². The second-order valence-corrected chi connectivity index (χ2v) is 11.0. The molecule has 0 saturated heterocycles. The number of nitriles is 1. The molecule has 0 heterocycles. The van der Waals surface area contributed by atoms with Gasteiger partial charge in [0.25, 0.3) is 0 Å². The van der Waals surface area contributed by atoms with Crippen molar-refractivity contribution in [1.29, 1.82) is 5.26 Å². The summed E-state index contributed by atoms with van der Waals surface area (Å²) in [5, 5.41) is 8.96. The Morgan fingerprint density at radius 1 is 0.880 bits per heavy atom. The molecule has 1 heteroatoms. The normalized spacial score (nSPS) is 51.9. The molecule has 1 nitrogen and oxygen atoms in total. The van der Waals surface area contributed by atoms with Crippen LogP contribution < -0.4 is 0 Å². The third kappa shape index (κ3) is 2.53. The minimum atomic E-state index is 0.490. The van der Waals surface area contributed by atoms with Crippen LogP contribution in [0.4, 0.5) is 0 Å². The number of nitrogens with zero attached hydrogens (tertiary/aromatic N) is 1. The molecule has 0 N–H and O–H groups in total. The first-order valence-electron chi connectivity index (χ1n) is 11.3. The van der Waals surface area contributed by atoms with Gasteiger partial charge in [-0.3, -0.25) is 0 Å². The Morgan fingerprint density at radius 2 is 1.68 bits per heavy atom. The van der Waals surface area contributed by atoms with Gasteiger partial charge in [0, 0.05) is 6.42 Å². The van der Waals surface area contributed by atoms with Crippen LogP contribution in [-0.2, 0) is 0 Å². The topological polar surface area (TPSA) is 23.8 Å². The van der Waals surface area contributed by atoms with Crippen molar-refractivity contribution in [2.24, 2.45) is 39.9 Å². The summed E-state index contributed by atoms with van der Waals surface area (Å²) in [6.07, 6.45) is 18.1. The van der Waals surface area contributed by atoms with Crippen LogP contribution in [0.3, 0.4) is 0 Å². The summed E-state index contributed by atoms with van der Waals surface area (Å²) in [5.41, 5.74) is 1.70. The van der Waals surface area contributed by atoms with Gasteiger partial charge in [-0.25, -0.2) is 0 Å². The molecular weight excluding hydrogens is 302 g/mol. The lowest BCUT2D eigenvalue weighted by Crippen LogP contribution is -2.54. The maximum absolute atomic E-state index is 8.96. The Labute approximate surface area is 156 Å². The van der Waals surface area contributed by atoms with Gasteiger partial charge in [-0.05, 0) is 104 Å². The van der Waals surface area contributed by atoms with Gasteiger partial charge in [0.15, 0.2) is 0 Å². The summed E-state index contributed by atoms with van der Waals surface area (Å²) >= 11 is 0. The maximum Gasteiger partial charge on any atom is 0.0621 e. The van der Waals surface area contributed by atoms with Gasteiger partial charge in [0.2, 0.25) is 0 Å². The summed E-state index contributed by atoms with van der Waals surface area (Å²) in [6, 6.07) is 2.37. The predicted octanol–water partition coefficient (Wildman–Crippen LogP) is 7.12. The third-order valence-corrected chi connectivity index (χ3v) is 10.4. The standard InChI is InChI=1S/C24H39N/c1-22(13-6-7-17-25)15-11-21-19-10-9-18-8-4-5-14-23(18,2)20(19)12-16-24(21,22)3/h18-21H,4-16H2,1-3H3/t18-,19?,20?,21?,22?,23-,24-/m0/s1. The van der Waals surface area contributed by atoms with Crippen LogP contribution in [0, 0.1) is 51.2 Å². The molecule has 7 atom stereocenters. The van der Waals surface area contributed by atoms with Crippen molar-refractivity contribution in [3.63, 3.8) is 0 Å². The van der Waals surface area contributed by atoms with Crippen molar-refractivity contribution in [2.75, 3.05) is 0 Å². The first-order valence-corrected chi connectivity index (χ1v) is 11.3. The minimum Gasteiger partial charge on any atom is -0.198 e. The Hall–Kier alpha value is -0.510. The first kappa shape index (κ1) is 17.9. The molecule has 0 aromatic rings. The summed E-state index contributed by atoms with van der Waals surface area (Å²) in [5.74, 6) is 4.04. The van der Waals surface area contributed by atoms with Crippen molar-refractivity contribution >= 4 is 0 Å². The van der Waals surface area contributed by atoms with Gasteiger partial charge in [-0.2, -0.15) is 5.26 Å². The fraction of sp³-hybridized carbons (Fsp3) is 0.958. The molecule has 0 spiro atoms. The van der Waals surface area contributed by atoms with E-state index >= 15 is 0 Å². The van der Waals surface area contributed by atoms with E-state index in [-0.39, 0.29) is 0 Å². The summed E-state index contributed by atoms with van der Waals surface area (Å²) < 4.78 is 0. The van der Waals surface area contributed by atoms with Crippen molar-refractivity contribution in [3.05, 3.63) is 0 Å². The van der Waals surface area contributed by atoms with Crippen LogP contribution >= 0.6 is 0 Å². The molecule has 4 rings (SSSR count). The highest BCUT2D eigenvalue weighted by molar-refractivity contribution is 5.11. The number of unbranched alkanes of at least 4 members (excludes halogenated alkanes) is 1. The molecule has 4 aliphatic carbocycles. The molecule has 4 aliphatic rings. The molecule has 0 aliphatic heterocycles. The Bertz CT molecular complexity index is 547. The Balaban J connectivity index is 1.56. The van der Waals surface area contributed by atoms with Crippen LogP contribution in [-0.4, -0.2) is 0 Å². The Kier molecular flexibility index (Phi) is 4.49. The van der Waals surface area contributed by atoms with Crippen LogP contribution in [0.5, 0.6) is 0 Å². The largest absolute Gasteiger partial charge is 0.198 e. The van der Waals surface area contributed by atoms with Crippen LogP contribution in [0.15, 0.2) is 0 Å². The number of hydrogen-bond acceptors (Lipinski definition) is 1. The molecule has 0 aromatic heterocycles. The lowest BCUT2D eigenvalue weighted by Gasteiger charge is -2.61. The molecule has 0 amide bonds. The third-order valence-electron chi connectivity index (χ3n) is 10.4. The molecule has 0 aromatic carbocycles. The highest BCUT2D eigenvalue weighted by Crippen LogP contribution is 2.71. The second-order valence-electron chi connectivity index (χ2n) is 11.0. The van der Waals surface area contributed by atoms with Gasteiger partial charge in [0.1, 0.15) is 0 Å². The minimum absolute atomic E-state index is 0.490. The van der Waals surface area contributed by atoms with E-state index in [0.717, 1.165) is 36.5 Å². The van der Waals surface area contributed by atoms with Gasteiger partial charge in [-0.1, -0.05) is 33.6 Å². The number of fused-ring (bicyclic) bond motifs is 5. The van der Waals surface area contributed by atoms with Crippen molar-refractivity contribution < 1.29 is 0 Å². The van der Waals surface area contributed by atoms with Crippen LogP contribution in [0.25, 0.3) is 0 Å². The molecule has 0 radical (unpaired) electrons. The van der Waals surface area contributed by atoms with Gasteiger partial charge in [0.05, 0.1) is 6.07 Å². The quantitative estimate of drug-likeness (QED) is 0.501. The first-order chi connectivity index (χ1) is 11.9. The van der Waals surface area contributed by atoms with E-state index in [1.54, 1.807) is 0 Å². The van der Waals surface area contributed by atoms with E-state index < -0.39 is 0 Å². The fourth-order valence-electron chi connectivity index (χ4n) is 8.63. The summed E-state index contributed by atoms with van der Waals surface area (Å²) in [4.78, 5) is 0. The average Bonchev–Trinajstić information content (AvgIpc) is 2.86. The zero-order chi connectivity index (χ0) is 17.7. The molecular formula is C24H39N. The maximum atomic E-state index is 8.96. The number of hydrogen-bond donors (Lipinski definition) is 0. The van der Waals surface area contributed by atoms with E-state index in [1.807, 2.05) is 0 Å².